The Labute approximate surface area is 270 Å². The zero-order chi connectivity index (χ0) is 30.2. The van der Waals surface area contributed by atoms with Crippen molar-refractivity contribution in [1.29, 1.82) is 0 Å². The van der Waals surface area contributed by atoms with E-state index >= 15 is 0 Å². The highest BCUT2D eigenvalue weighted by molar-refractivity contribution is 6.34. The number of anilines is 3. The van der Waals surface area contributed by atoms with Crippen LogP contribution in [0.25, 0.3) is 49.2 Å². The van der Waals surface area contributed by atoms with Gasteiger partial charge in [-0.25, -0.2) is 0 Å². The Kier molecular flexibility index (Phi) is 5.81. The number of hydrogen-bond donors (Lipinski definition) is 0. The van der Waals surface area contributed by atoms with E-state index in [0.717, 1.165) is 32.4 Å². The summed E-state index contributed by atoms with van der Waals surface area (Å²) in [6.07, 6.45) is 9.41. The molecule has 0 bridgehead atoms. The third-order valence-corrected chi connectivity index (χ3v) is 10.9. The van der Waals surface area contributed by atoms with Crippen LogP contribution < -0.4 is 9.80 Å². The van der Waals surface area contributed by atoms with Gasteiger partial charge in [-0.05, 0) is 134 Å². The molecule has 0 amide bonds. The second-order valence-corrected chi connectivity index (χ2v) is 13.4. The van der Waals surface area contributed by atoms with Crippen LogP contribution in [-0.2, 0) is 19.3 Å². The summed E-state index contributed by atoms with van der Waals surface area (Å²) in [5, 5.41) is 11.0. The van der Waals surface area contributed by atoms with Gasteiger partial charge in [0.1, 0.15) is 0 Å². The van der Waals surface area contributed by atoms with Crippen molar-refractivity contribution in [2.24, 2.45) is 0 Å². The molecule has 2 heteroatoms. The molecule has 10 rings (SSSR count). The number of fused-ring (bicyclic) bond motifs is 13. The Bertz CT molecular complexity index is 2400. The molecular formula is C44H36N2. The SMILES string of the molecule is C1=C(N2CCCc3ccccc32)CCc2c1c1c3ccccc3c3ccc(N4CCCc5ccccc54)cc3c1c1ccccc21. The first-order valence-electron chi connectivity index (χ1n) is 17.1. The zero-order valence-corrected chi connectivity index (χ0v) is 26.1. The summed E-state index contributed by atoms with van der Waals surface area (Å²) in [5.74, 6) is 0. The van der Waals surface area contributed by atoms with Crippen LogP contribution in [0, 0.1) is 0 Å². The second kappa shape index (κ2) is 10.2. The maximum atomic E-state index is 2.62. The van der Waals surface area contributed by atoms with Crippen LogP contribution in [0.5, 0.6) is 0 Å². The zero-order valence-electron chi connectivity index (χ0n) is 26.1. The van der Waals surface area contributed by atoms with Crippen LogP contribution in [0.1, 0.15) is 41.5 Å². The number of para-hydroxylation sites is 2. The lowest BCUT2D eigenvalue weighted by molar-refractivity contribution is 0.720. The second-order valence-electron chi connectivity index (χ2n) is 13.4. The Morgan fingerprint density at radius 2 is 1.02 bits per heavy atom. The number of nitrogens with zero attached hydrogens (tertiary/aromatic N) is 2. The summed E-state index contributed by atoms with van der Waals surface area (Å²) in [6.45, 7) is 2.14. The molecule has 7 aromatic rings. The monoisotopic (exact) mass is 592 g/mol. The smallest absolute Gasteiger partial charge is 0.0443 e. The molecule has 222 valence electrons. The Balaban J connectivity index is 1.30. The summed E-state index contributed by atoms with van der Waals surface area (Å²) in [7, 11) is 0. The van der Waals surface area contributed by atoms with Crippen molar-refractivity contribution in [3.63, 3.8) is 0 Å². The lowest BCUT2D eigenvalue weighted by atomic mass is 9.81. The van der Waals surface area contributed by atoms with Crippen molar-refractivity contribution in [2.45, 2.75) is 38.5 Å². The highest BCUT2D eigenvalue weighted by atomic mass is 15.2. The number of rotatable bonds is 2. The molecule has 2 nitrogen and oxygen atoms in total. The largest absolute Gasteiger partial charge is 0.345 e. The third kappa shape index (κ3) is 3.83. The highest BCUT2D eigenvalue weighted by Crippen LogP contribution is 2.47. The summed E-state index contributed by atoms with van der Waals surface area (Å²) in [4.78, 5) is 5.17. The number of hydrogen-bond acceptors (Lipinski definition) is 2. The number of allylic oxidation sites excluding steroid dienone is 1. The Morgan fingerprint density at radius 3 is 1.78 bits per heavy atom. The summed E-state index contributed by atoms with van der Waals surface area (Å²) in [5.41, 5.74) is 11.4. The van der Waals surface area contributed by atoms with Crippen LogP contribution in [0.15, 0.2) is 121 Å². The van der Waals surface area contributed by atoms with Crippen molar-refractivity contribution in [3.05, 3.63) is 143 Å². The van der Waals surface area contributed by atoms with Gasteiger partial charge < -0.3 is 9.80 Å². The van der Waals surface area contributed by atoms with Gasteiger partial charge in [0.25, 0.3) is 0 Å². The minimum Gasteiger partial charge on any atom is -0.345 e. The Morgan fingerprint density at radius 1 is 0.435 bits per heavy atom. The lowest BCUT2D eigenvalue weighted by Gasteiger charge is -2.35. The van der Waals surface area contributed by atoms with Crippen molar-refractivity contribution in [1.82, 2.24) is 0 Å². The van der Waals surface area contributed by atoms with Crippen LogP contribution in [-0.4, -0.2) is 13.1 Å². The first-order chi connectivity index (χ1) is 22.8. The van der Waals surface area contributed by atoms with Gasteiger partial charge in [-0.2, -0.15) is 0 Å². The van der Waals surface area contributed by atoms with E-state index in [1.165, 1.54) is 107 Å². The molecule has 1 aliphatic carbocycles. The lowest BCUT2D eigenvalue weighted by Crippen LogP contribution is -2.29. The predicted octanol–water partition coefficient (Wildman–Crippen LogP) is 11.1. The van der Waals surface area contributed by atoms with Crippen molar-refractivity contribution in [2.75, 3.05) is 22.9 Å². The minimum absolute atomic E-state index is 1.05. The first-order valence-corrected chi connectivity index (χ1v) is 17.1. The summed E-state index contributed by atoms with van der Waals surface area (Å²) < 4.78 is 0. The van der Waals surface area contributed by atoms with Gasteiger partial charge in [0, 0.05) is 35.8 Å². The van der Waals surface area contributed by atoms with Gasteiger partial charge in [-0.15, -0.1) is 0 Å². The molecule has 0 atom stereocenters. The van der Waals surface area contributed by atoms with E-state index in [0.29, 0.717) is 0 Å². The maximum Gasteiger partial charge on any atom is 0.0443 e. The van der Waals surface area contributed by atoms with Crippen molar-refractivity contribution < 1.29 is 0 Å². The minimum atomic E-state index is 1.05. The van der Waals surface area contributed by atoms with E-state index in [4.69, 9.17) is 0 Å². The predicted molar refractivity (Wildman–Crippen MR) is 197 cm³/mol. The van der Waals surface area contributed by atoms with E-state index < -0.39 is 0 Å². The van der Waals surface area contributed by atoms with E-state index in [2.05, 4.69) is 131 Å². The topological polar surface area (TPSA) is 6.48 Å². The van der Waals surface area contributed by atoms with Crippen LogP contribution >= 0.6 is 0 Å². The molecule has 0 saturated carbocycles. The highest BCUT2D eigenvalue weighted by Gasteiger charge is 2.26. The van der Waals surface area contributed by atoms with Crippen LogP contribution in [0.3, 0.4) is 0 Å². The van der Waals surface area contributed by atoms with Crippen molar-refractivity contribution >= 4 is 66.2 Å². The van der Waals surface area contributed by atoms with Crippen LogP contribution in [0.4, 0.5) is 17.1 Å². The fourth-order valence-corrected chi connectivity index (χ4v) is 8.93. The average molecular weight is 593 g/mol. The Hall–Kier alpha value is -5.08. The first kappa shape index (κ1) is 26.2. The molecular weight excluding hydrogens is 556 g/mol. The quantitative estimate of drug-likeness (QED) is 0.184. The molecule has 0 fully saturated rings. The van der Waals surface area contributed by atoms with Gasteiger partial charge >= 0.3 is 0 Å². The fraction of sp³-hybridized carbons (Fsp3) is 0.182. The molecule has 0 radical (unpaired) electrons. The molecule has 2 aliphatic heterocycles. The number of aryl methyl sites for hydroxylation is 3. The van der Waals surface area contributed by atoms with Gasteiger partial charge in [0.05, 0.1) is 0 Å². The van der Waals surface area contributed by atoms with Crippen LogP contribution in [0.2, 0.25) is 0 Å². The fourth-order valence-electron chi connectivity index (χ4n) is 8.93. The van der Waals surface area contributed by atoms with E-state index in [9.17, 15) is 0 Å². The third-order valence-electron chi connectivity index (χ3n) is 10.9. The summed E-state index contributed by atoms with van der Waals surface area (Å²) in [6, 6.07) is 43.6. The molecule has 46 heavy (non-hydrogen) atoms. The molecule has 0 saturated heterocycles. The normalized spacial score (nSPS) is 16.0. The van der Waals surface area contributed by atoms with Gasteiger partial charge in [0.2, 0.25) is 0 Å². The van der Waals surface area contributed by atoms with Crippen molar-refractivity contribution in [3.8, 4) is 0 Å². The van der Waals surface area contributed by atoms with Gasteiger partial charge in [0.15, 0.2) is 0 Å². The number of benzene rings is 7. The maximum absolute atomic E-state index is 2.62. The van der Waals surface area contributed by atoms with Gasteiger partial charge in [-0.1, -0.05) is 91.0 Å². The molecule has 0 spiro atoms. The average Bonchev–Trinajstić information content (AvgIpc) is 3.13. The van der Waals surface area contributed by atoms with Gasteiger partial charge in [-0.3, -0.25) is 0 Å². The van der Waals surface area contributed by atoms with E-state index in [-0.39, 0.29) is 0 Å². The molecule has 0 unspecified atom stereocenters. The molecule has 0 N–H and O–H groups in total. The molecule has 2 heterocycles. The summed E-state index contributed by atoms with van der Waals surface area (Å²) >= 11 is 0. The molecule has 3 aliphatic rings. The standard InChI is InChI=1S/C44H36N2/c1-7-19-41-29(11-1)13-9-25-45(41)31-21-23-35-33-15-3-6-18-38(33)44-40-28-32(46-26-10-14-30-12-2-8-20-42(30)46)22-24-36(40)34-16-4-5-17-37(34)43(44)39(35)27-31/h1-8,11-12,15-21,23,27-28H,9-10,13-14,22,24-26H2. The van der Waals surface area contributed by atoms with E-state index in [1.54, 1.807) is 0 Å². The van der Waals surface area contributed by atoms with E-state index in [1.807, 2.05) is 0 Å². The molecule has 7 aromatic carbocycles. The molecule has 0 aromatic heterocycles.